The van der Waals surface area contributed by atoms with E-state index in [2.05, 4.69) is 4.98 Å². The summed E-state index contributed by atoms with van der Waals surface area (Å²) in [6, 6.07) is 8.59. The summed E-state index contributed by atoms with van der Waals surface area (Å²) in [4.78, 5) is 13.7. The van der Waals surface area contributed by atoms with E-state index in [1.807, 2.05) is 6.07 Å². The summed E-state index contributed by atoms with van der Waals surface area (Å²) < 4.78 is 0. The predicted octanol–water partition coefficient (Wildman–Crippen LogP) is 3.35. The van der Waals surface area contributed by atoms with Gasteiger partial charge in [0.2, 0.25) is 5.56 Å². The molecule has 2 aromatic rings. The van der Waals surface area contributed by atoms with Crippen LogP contribution in [0.15, 0.2) is 41.3 Å². The number of nitrogens with one attached hydrogen (secondary N) is 1. The third-order valence-electron chi connectivity index (χ3n) is 2.03. The third kappa shape index (κ3) is 2.22. The van der Waals surface area contributed by atoms with Crippen LogP contribution >= 0.6 is 23.2 Å². The monoisotopic (exact) mass is 239 g/mol. The van der Waals surface area contributed by atoms with Gasteiger partial charge in [0.1, 0.15) is 0 Å². The molecule has 1 aromatic heterocycles. The normalized spacial score (nSPS) is 10.3. The zero-order chi connectivity index (χ0) is 10.8. The molecule has 0 saturated heterocycles. The second-order valence-electron chi connectivity index (χ2n) is 3.07. The number of hydrogen-bond donors (Lipinski definition) is 1. The number of aromatic amines is 1. The first-order valence-corrected chi connectivity index (χ1v) is 5.06. The molecular weight excluding hydrogens is 233 g/mol. The molecule has 1 heterocycles. The van der Waals surface area contributed by atoms with Gasteiger partial charge in [0.05, 0.1) is 10.0 Å². The van der Waals surface area contributed by atoms with Gasteiger partial charge in [-0.1, -0.05) is 29.3 Å². The fraction of sp³-hybridized carbons (Fsp3) is 0. The van der Waals surface area contributed by atoms with Crippen molar-refractivity contribution in [2.75, 3.05) is 0 Å². The fourth-order valence-electron chi connectivity index (χ4n) is 1.30. The molecule has 2 nitrogen and oxygen atoms in total. The molecule has 1 aromatic carbocycles. The minimum absolute atomic E-state index is 0.140. The lowest BCUT2D eigenvalue weighted by Gasteiger charge is -2.02. The first kappa shape index (κ1) is 10.3. The zero-order valence-corrected chi connectivity index (χ0v) is 9.14. The number of benzene rings is 1. The van der Waals surface area contributed by atoms with Crippen LogP contribution in [0, 0.1) is 0 Å². The zero-order valence-electron chi connectivity index (χ0n) is 7.63. The minimum atomic E-state index is -0.140. The van der Waals surface area contributed by atoms with Crippen LogP contribution in [0.1, 0.15) is 0 Å². The molecule has 0 amide bonds. The average Bonchev–Trinajstić information content (AvgIpc) is 2.22. The van der Waals surface area contributed by atoms with Gasteiger partial charge < -0.3 is 4.98 Å². The van der Waals surface area contributed by atoms with Crippen molar-refractivity contribution in [3.8, 4) is 11.1 Å². The van der Waals surface area contributed by atoms with E-state index in [1.165, 1.54) is 6.07 Å². The lowest BCUT2D eigenvalue weighted by molar-refractivity contribution is 1.24. The summed E-state index contributed by atoms with van der Waals surface area (Å²) in [6.45, 7) is 0. The highest BCUT2D eigenvalue weighted by molar-refractivity contribution is 6.42. The Morgan fingerprint density at radius 1 is 0.933 bits per heavy atom. The molecular formula is C11H7Cl2NO. The molecule has 0 unspecified atom stereocenters. The summed E-state index contributed by atoms with van der Waals surface area (Å²) in [7, 11) is 0. The Morgan fingerprint density at radius 3 is 2.33 bits per heavy atom. The van der Waals surface area contributed by atoms with Gasteiger partial charge in [-0.05, 0) is 29.3 Å². The van der Waals surface area contributed by atoms with Crippen molar-refractivity contribution in [2.45, 2.75) is 0 Å². The molecule has 4 heteroatoms. The second kappa shape index (κ2) is 4.09. The van der Waals surface area contributed by atoms with Crippen molar-refractivity contribution in [1.82, 2.24) is 4.98 Å². The molecule has 0 atom stereocenters. The molecule has 76 valence electrons. The van der Waals surface area contributed by atoms with Gasteiger partial charge in [-0.2, -0.15) is 0 Å². The van der Waals surface area contributed by atoms with E-state index in [9.17, 15) is 4.79 Å². The van der Waals surface area contributed by atoms with E-state index in [-0.39, 0.29) is 5.56 Å². The van der Waals surface area contributed by atoms with Gasteiger partial charge in [0, 0.05) is 12.3 Å². The first-order chi connectivity index (χ1) is 7.16. The maximum atomic E-state index is 11.1. The largest absolute Gasteiger partial charge is 0.329 e. The minimum Gasteiger partial charge on any atom is -0.329 e. The van der Waals surface area contributed by atoms with E-state index in [1.54, 1.807) is 24.4 Å². The van der Waals surface area contributed by atoms with Gasteiger partial charge >= 0.3 is 0 Å². The molecule has 15 heavy (non-hydrogen) atoms. The van der Waals surface area contributed by atoms with Crippen molar-refractivity contribution < 1.29 is 0 Å². The number of pyridine rings is 1. The highest BCUT2D eigenvalue weighted by Crippen LogP contribution is 2.27. The summed E-state index contributed by atoms with van der Waals surface area (Å²) in [6.07, 6.45) is 1.60. The molecule has 0 fully saturated rings. The van der Waals surface area contributed by atoms with Crippen LogP contribution in [0.4, 0.5) is 0 Å². The first-order valence-electron chi connectivity index (χ1n) is 4.31. The number of halogens is 2. The number of rotatable bonds is 1. The predicted molar refractivity (Wildman–Crippen MR) is 62.5 cm³/mol. The van der Waals surface area contributed by atoms with E-state index >= 15 is 0 Å². The number of hydrogen-bond acceptors (Lipinski definition) is 1. The van der Waals surface area contributed by atoms with E-state index in [0.717, 1.165) is 11.1 Å². The Labute approximate surface area is 96.5 Å². The molecule has 0 radical (unpaired) electrons. The van der Waals surface area contributed by atoms with Gasteiger partial charge in [0.15, 0.2) is 0 Å². The molecule has 0 aliphatic heterocycles. The van der Waals surface area contributed by atoms with Crippen LogP contribution < -0.4 is 5.56 Å². The molecule has 0 spiro atoms. The standard InChI is InChI=1S/C11H7Cl2NO/c12-9-2-1-7(5-10(9)13)8-3-4-14-11(15)6-8/h1-6H,(H,14,15). The van der Waals surface area contributed by atoms with Crippen LogP contribution in [0.3, 0.4) is 0 Å². The maximum Gasteiger partial charge on any atom is 0.248 e. The van der Waals surface area contributed by atoms with Crippen molar-refractivity contribution in [3.05, 3.63) is 56.9 Å². The van der Waals surface area contributed by atoms with Crippen LogP contribution in [-0.2, 0) is 0 Å². The fourth-order valence-corrected chi connectivity index (χ4v) is 1.60. The van der Waals surface area contributed by atoms with Crippen molar-refractivity contribution in [1.29, 1.82) is 0 Å². The molecule has 0 aliphatic rings. The average molecular weight is 240 g/mol. The highest BCUT2D eigenvalue weighted by atomic mass is 35.5. The Hall–Kier alpha value is -1.25. The molecule has 0 bridgehead atoms. The van der Waals surface area contributed by atoms with Crippen LogP contribution in [0.25, 0.3) is 11.1 Å². The summed E-state index contributed by atoms with van der Waals surface area (Å²) in [5.41, 5.74) is 1.55. The Kier molecular flexibility index (Phi) is 2.80. The van der Waals surface area contributed by atoms with Crippen LogP contribution in [0.5, 0.6) is 0 Å². The lowest BCUT2D eigenvalue weighted by Crippen LogP contribution is -2.01. The van der Waals surface area contributed by atoms with Gasteiger partial charge in [-0.15, -0.1) is 0 Å². The van der Waals surface area contributed by atoms with Crippen LogP contribution in [-0.4, -0.2) is 4.98 Å². The molecule has 0 saturated carbocycles. The summed E-state index contributed by atoms with van der Waals surface area (Å²) >= 11 is 11.7. The van der Waals surface area contributed by atoms with Crippen molar-refractivity contribution >= 4 is 23.2 Å². The Bertz CT molecular complexity index is 548. The van der Waals surface area contributed by atoms with Crippen molar-refractivity contribution in [2.24, 2.45) is 0 Å². The molecule has 1 N–H and O–H groups in total. The van der Waals surface area contributed by atoms with E-state index in [0.29, 0.717) is 10.0 Å². The van der Waals surface area contributed by atoms with Crippen LogP contribution in [0.2, 0.25) is 10.0 Å². The Morgan fingerprint density at radius 2 is 1.67 bits per heavy atom. The third-order valence-corrected chi connectivity index (χ3v) is 2.77. The topological polar surface area (TPSA) is 32.9 Å². The lowest BCUT2D eigenvalue weighted by atomic mass is 10.1. The number of H-pyrrole nitrogens is 1. The number of aromatic nitrogens is 1. The second-order valence-corrected chi connectivity index (χ2v) is 3.88. The van der Waals surface area contributed by atoms with Gasteiger partial charge in [-0.3, -0.25) is 4.79 Å². The Balaban J connectivity index is 2.55. The quantitative estimate of drug-likeness (QED) is 0.814. The van der Waals surface area contributed by atoms with Gasteiger partial charge in [-0.25, -0.2) is 0 Å². The highest BCUT2D eigenvalue weighted by Gasteiger charge is 2.02. The van der Waals surface area contributed by atoms with E-state index in [4.69, 9.17) is 23.2 Å². The van der Waals surface area contributed by atoms with Crippen molar-refractivity contribution in [3.63, 3.8) is 0 Å². The van der Waals surface area contributed by atoms with E-state index < -0.39 is 0 Å². The summed E-state index contributed by atoms with van der Waals surface area (Å²) in [5, 5.41) is 0.986. The summed E-state index contributed by atoms with van der Waals surface area (Å²) in [5.74, 6) is 0. The SMILES string of the molecule is O=c1cc(-c2ccc(Cl)c(Cl)c2)cc[nH]1. The maximum absolute atomic E-state index is 11.1. The van der Waals surface area contributed by atoms with Gasteiger partial charge in [0.25, 0.3) is 0 Å². The molecule has 2 rings (SSSR count). The molecule has 0 aliphatic carbocycles. The smallest absolute Gasteiger partial charge is 0.248 e.